The average molecular weight is 524 g/mol. The van der Waals surface area contributed by atoms with Crippen LogP contribution in [0.1, 0.15) is 33.5 Å². The number of anilines is 1. The van der Waals surface area contributed by atoms with Gasteiger partial charge in [0.1, 0.15) is 10.7 Å². The monoisotopic (exact) mass is 523 g/mol. The van der Waals surface area contributed by atoms with Gasteiger partial charge >= 0.3 is 6.03 Å². The fourth-order valence-corrected chi connectivity index (χ4v) is 4.57. The zero-order chi connectivity index (χ0) is 26.6. The van der Waals surface area contributed by atoms with Crippen molar-refractivity contribution in [1.29, 1.82) is 0 Å². The van der Waals surface area contributed by atoms with Crippen LogP contribution in [0.5, 0.6) is 0 Å². The molecule has 0 fully saturated rings. The van der Waals surface area contributed by atoms with Gasteiger partial charge in [0.05, 0.1) is 13.2 Å². The predicted octanol–water partition coefficient (Wildman–Crippen LogP) is 4.59. The Bertz CT molecular complexity index is 1140. The van der Waals surface area contributed by atoms with Gasteiger partial charge in [0.25, 0.3) is 5.91 Å². The second-order valence-electron chi connectivity index (χ2n) is 9.00. The number of para-hydroxylation sites is 1. The highest BCUT2D eigenvalue weighted by atomic mass is 32.1. The number of likely N-dealkylation sites (N-methyl/N-ethyl adjacent to an activating group) is 1. The van der Waals surface area contributed by atoms with Crippen molar-refractivity contribution >= 4 is 29.0 Å². The van der Waals surface area contributed by atoms with E-state index in [1.165, 1.54) is 11.3 Å². The van der Waals surface area contributed by atoms with Crippen LogP contribution in [0.4, 0.5) is 10.5 Å². The van der Waals surface area contributed by atoms with Gasteiger partial charge in [0, 0.05) is 44.4 Å². The second kappa shape index (κ2) is 14.5. The number of urea groups is 1. The van der Waals surface area contributed by atoms with Gasteiger partial charge in [-0.3, -0.25) is 4.79 Å². The van der Waals surface area contributed by atoms with Crippen molar-refractivity contribution in [2.24, 2.45) is 0 Å². The van der Waals surface area contributed by atoms with Gasteiger partial charge in [-0.1, -0.05) is 55.5 Å². The molecule has 0 atom stereocenters. The molecule has 3 aromatic rings. The van der Waals surface area contributed by atoms with Crippen LogP contribution in [0.15, 0.2) is 60.0 Å². The van der Waals surface area contributed by atoms with Crippen molar-refractivity contribution in [2.45, 2.75) is 26.4 Å². The molecule has 0 bridgehead atoms. The van der Waals surface area contributed by atoms with Crippen molar-refractivity contribution in [1.82, 2.24) is 19.7 Å². The Morgan fingerprint density at radius 1 is 0.946 bits per heavy atom. The molecule has 8 nitrogen and oxygen atoms in total. The lowest BCUT2D eigenvalue weighted by Crippen LogP contribution is -2.37. The smallest absolute Gasteiger partial charge is 0.322 e. The molecule has 0 saturated carbocycles. The van der Waals surface area contributed by atoms with Crippen molar-refractivity contribution < 1.29 is 14.3 Å². The van der Waals surface area contributed by atoms with Crippen LogP contribution >= 0.6 is 11.3 Å². The number of carbonyl (C=O) groups is 2. The third-order valence-electron chi connectivity index (χ3n) is 5.91. The largest absolute Gasteiger partial charge is 0.383 e. The summed E-state index contributed by atoms with van der Waals surface area (Å²) >= 11 is 1.39. The number of nitrogens with one attached hydrogen (secondary N) is 1. The number of nitrogens with zero attached hydrogens (tertiary/aromatic N) is 4. The normalized spacial score (nSPS) is 10.9. The van der Waals surface area contributed by atoms with E-state index in [1.807, 2.05) is 73.6 Å². The summed E-state index contributed by atoms with van der Waals surface area (Å²) in [5.41, 5.74) is 3.34. The second-order valence-corrected chi connectivity index (χ2v) is 9.94. The molecular weight excluding hydrogens is 486 g/mol. The lowest BCUT2D eigenvalue weighted by atomic mass is 10.1. The molecule has 1 heterocycles. The third kappa shape index (κ3) is 8.66. The van der Waals surface area contributed by atoms with Crippen molar-refractivity contribution in [3.63, 3.8) is 0 Å². The van der Waals surface area contributed by atoms with Gasteiger partial charge in [0.2, 0.25) is 0 Å². The van der Waals surface area contributed by atoms with Gasteiger partial charge in [0.15, 0.2) is 0 Å². The van der Waals surface area contributed by atoms with E-state index in [2.05, 4.69) is 22.1 Å². The molecule has 1 N–H and O–H groups in total. The van der Waals surface area contributed by atoms with Crippen LogP contribution in [-0.2, 0) is 24.2 Å². The summed E-state index contributed by atoms with van der Waals surface area (Å²) in [6.45, 7) is 5.00. The number of thiazole rings is 1. The average Bonchev–Trinajstić information content (AvgIpc) is 3.38. The van der Waals surface area contributed by atoms with E-state index in [0.717, 1.165) is 29.8 Å². The van der Waals surface area contributed by atoms with Crippen LogP contribution in [0, 0.1) is 0 Å². The molecule has 0 aliphatic carbocycles. The predicted molar refractivity (Wildman–Crippen MR) is 149 cm³/mol. The Kier molecular flexibility index (Phi) is 11.1. The van der Waals surface area contributed by atoms with Crippen molar-refractivity contribution in [3.05, 3.63) is 81.8 Å². The first-order chi connectivity index (χ1) is 17.9. The van der Waals surface area contributed by atoms with E-state index in [0.29, 0.717) is 36.9 Å². The van der Waals surface area contributed by atoms with Gasteiger partial charge in [-0.05, 0) is 37.7 Å². The lowest BCUT2D eigenvalue weighted by Gasteiger charge is -2.24. The highest BCUT2D eigenvalue weighted by Gasteiger charge is 2.22. The van der Waals surface area contributed by atoms with Crippen LogP contribution in [0.3, 0.4) is 0 Å². The van der Waals surface area contributed by atoms with Gasteiger partial charge in [-0.15, -0.1) is 11.3 Å². The Labute approximate surface area is 223 Å². The molecule has 198 valence electrons. The first kappa shape index (κ1) is 28.3. The van der Waals surface area contributed by atoms with Crippen LogP contribution in [0.25, 0.3) is 0 Å². The van der Waals surface area contributed by atoms with Crippen molar-refractivity contribution in [3.8, 4) is 0 Å². The summed E-state index contributed by atoms with van der Waals surface area (Å²) in [5.74, 6) is -0.113. The van der Waals surface area contributed by atoms with E-state index in [-0.39, 0.29) is 18.5 Å². The fourth-order valence-electron chi connectivity index (χ4n) is 3.78. The number of aryl methyl sites for hydroxylation is 1. The maximum absolute atomic E-state index is 13.4. The molecule has 1 aromatic heterocycles. The van der Waals surface area contributed by atoms with Crippen LogP contribution < -0.4 is 5.32 Å². The third-order valence-corrected chi connectivity index (χ3v) is 6.74. The molecule has 37 heavy (non-hydrogen) atoms. The lowest BCUT2D eigenvalue weighted by molar-refractivity contribution is 0.0726. The van der Waals surface area contributed by atoms with E-state index in [1.54, 1.807) is 17.4 Å². The molecular formula is C28H37N5O3S. The molecule has 0 unspecified atom stereocenters. The molecule has 0 aliphatic heterocycles. The molecule has 3 rings (SSSR count). The number of benzene rings is 2. The molecule has 0 spiro atoms. The maximum Gasteiger partial charge on any atom is 0.322 e. The summed E-state index contributed by atoms with van der Waals surface area (Å²) in [5, 5.41) is 5.50. The summed E-state index contributed by atoms with van der Waals surface area (Å²) < 4.78 is 5.23. The number of aromatic nitrogens is 1. The number of carbonyl (C=O) groups excluding carboxylic acids is 2. The number of methoxy groups -OCH3 is 1. The van der Waals surface area contributed by atoms with Gasteiger partial charge in [-0.25, -0.2) is 9.78 Å². The highest BCUT2D eigenvalue weighted by Crippen LogP contribution is 2.19. The molecule has 2 aromatic carbocycles. The summed E-state index contributed by atoms with van der Waals surface area (Å²) in [6.07, 6.45) is 0.819. The number of hydrogen-bond acceptors (Lipinski definition) is 6. The number of rotatable bonds is 13. The zero-order valence-electron chi connectivity index (χ0n) is 22.1. The molecule has 3 amide bonds. The van der Waals surface area contributed by atoms with E-state index >= 15 is 0 Å². The SMILES string of the molecule is CCc1ccccc1NC(=O)N(CCOC)Cc1nc(C(=O)N(CCN(C)C)Cc2ccccc2)cs1. The molecule has 0 radical (unpaired) electrons. The fraction of sp³-hybridized carbons (Fsp3) is 0.393. The van der Waals surface area contributed by atoms with Crippen LogP contribution in [0.2, 0.25) is 0 Å². The summed E-state index contributed by atoms with van der Waals surface area (Å²) in [7, 11) is 5.59. The first-order valence-corrected chi connectivity index (χ1v) is 13.3. The summed E-state index contributed by atoms with van der Waals surface area (Å²) in [6, 6.07) is 17.5. The topological polar surface area (TPSA) is 78.0 Å². The minimum Gasteiger partial charge on any atom is -0.383 e. The van der Waals surface area contributed by atoms with Gasteiger partial charge in [-0.2, -0.15) is 0 Å². The zero-order valence-corrected chi connectivity index (χ0v) is 23.0. The minimum absolute atomic E-state index is 0.113. The van der Waals surface area contributed by atoms with E-state index < -0.39 is 0 Å². The maximum atomic E-state index is 13.4. The Morgan fingerprint density at radius 2 is 1.68 bits per heavy atom. The molecule has 0 saturated heterocycles. The van der Waals surface area contributed by atoms with Gasteiger partial charge < -0.3 is 24.8 Å². The standard InChI is InChI=1S/C28H37N5O3S/c1-5-23-13-9-10-14-24(23)30-28(35)33(17-18-36-4)20-26-29-25(21-37-26)27(34)32(16-15-31(2)3)19-22-11-7-6-8-12-22/h6-14,21H,5,15-20H2,1-4H3,(H,30,35). The number of hydrogen-bond donors (Lipinski definition) is 1. The minimum atomic E-state index is -0.224. The quantitative estimate of drug-likeness (QED) is 0.355. The molecule has 9 heteroatoms. The Balaban J connectivity index is 1.73. The van der Waals surface area contributed by atoms with Crippen LogP contribution in [-0.4, -0.2) is 79.1 Å². The Hall–Kier alpha value is -3.27. The van der Waals surface area contributed by atoms with E-state index in [9.17, 15) is 9.59 Å². The highest BCUT2D eigenvalue weighted by molar-refractivity contribution is 7.09. The van der Waals surface area contributed by atoms with E-state index in [4.69, 9.17) is 4.74 Å². The first-order valence-electron chi connectivity index (χ1n) is 12.5. The van der Waals surface area contributed by atoms with Crippen molar-refractivity contribution in [2.75, 3.05) is 52.8 Å². The number of amides is 3. The molecule has 0 aliphatic rings. The number of ether oxygens (including phenoxy) is 1. The Morgan fingerprint density at radius 3 is 2.38 bits per heavy atom. The summed E-state index contributed by atoms with van der Waals surface area (Å²) in [4.78, 5) is 36.7.